The van der Waals surface area contributed by atoms with E-state index >= 15 is 0 Å². The summed E-state index contributed by atoms with van der Waals surface area (Å²) in [6, 6.07) is 9.17. The molecule has 1 aromatic rings. The first-order valence-corrected chi connectivity index (χ1v) is 5.62. The molecule has 0 unspecified atom stereocenters. The number of hydrogen-bond donors (Lipinski definition) is 1. The Balaban J connectivity index is 2.48. The molecule has 1 rings (SSSR count). The van der Waals surface area contributed by atoms with Crippen molar-refractivity contribution in [2.45, 2.75) is 26.1 Å². The first kappa shape index (κ1) is 14.2. The highest BCUT2D eigenvalue weighted by Crippen LogP contribution is 2.06. The number of benzene rings is 1. The predicted octanol–water partition coefficient (Wildman–Crippen LogP) is 1.04. The standard InChI is InChI=1S/C13H16O5/c1-10(15)18-12(7-8-14)13(16)17-9-11-5-3-2-4-6-11/h2-6,12,14H,7-9H2,1H3/t12-/m0/s1. The van der Waals surface area contributed by atoms with Crippen molar-refractivity contribution in [1.82, 2.24) is 0 Å². The van der Waals surface area contributed by atoms with Crippen molar-refractivity contribution >= 4 is 11.9 Å². The van der Waals surface area contributed by atoms with Crippen LogP contribution < -0.4 is 0 Å². The van der Waals surface area contributed by atoms with E-state index in [4.69, 9.17) is 14.6 Å². The lowest BCUT2D eigenvalue weighted by Gasteiger charge is -2.14. The van der Waals surface area contributed by atoms with Crippen LogP contribution in [0.15, 0.2) is 30.3 Å². The summed E-state index contributed by atoms with van der Waals surface area (Å²) in [7, 11) is 0. The maximum Gasteiger partial charge on any atom is 0.347 e. The Morgan fingerprint density at radius 3 is 2.50 bits per heavy atom. The molecule has 1 N–H and O–H groups in total. The Labute approximate surface area is 105 Å². The van der Waals surface area contributed by atoms with Crippen LogP contribution in [0, 0.1) is 0 Å². The molecule has 0 fully saturated rings. The molecule has 0 aliphatic carbocycles. The summed E-state index contributed by atoms with van der Waals surface area (Å²) >= 11 is 0. The van der Waals surface area contributed by atoms with Gasteiger partial charge < -0.3 is 14.6 Å². The van der Waals surface area contributed by atoms with Crippen LogP contribution in [0.3, 0.4) is 0 Å². The van der Waals surface area contributed by atoms with Gasteiger partial charge in [0, 0.05) is 20.0 Å². The van der Waals surface area contributed by atoms with E-state index in [1.54, 1.807) is 0 Å². The fourth-order valence-electron chi connectivity index (χ4n) is 1.36. The van der Waals surface area contributed by atoms with Gasteiger partial charge in [-0.05, 0) is 5.56 Å². The molecule has 1 atom stereocenters. The zero-order chi connectivity index (χ0) is 13.4. The molecule has 0 heterocycles. The topological polar surface area (TPSA) is 72.8 Å². The van der Waals surface area contributed by atoms with Crippen LogP contribution in [0.2, 0.25) is 0 Å². The smallest absolute Gasteiger partial charge is 0.347 e. The average molecular weight is 252 g/mol. The summed E-state index contributed by atoms with van der Waals surface area (Å²) in [6.45, 7) is 1.07. The van der Waals surface area contributed by atoms with E-state index in [0.717, 1.165) is 5.56 Å². The van der Waals surface area contributed by atoms with Gasteiger partial charge in [-0.25, -0.2) is 4.79 Å². The lowest BCUT2D eigenvalue weighted by atomic mass is 10.2. The molecule has 98 valence electrons. The second-order valence-corrected chi connectivity index (χ2v) is 3.70. The Bertz CT molecular complexity index is 388. The number of aliphatic hydroxyl groups excluding tert-OH is 1. The summed E-state index contributed by atoms with van der Waals surface area (Å²) in [5.74, 6) is -1.23. The molecular formula is C13H16O5. The normalized spacial score (nSPS) is 11.7. The number of esters is 2. The zero-order valence-corrected chi connectivity index (χ0v) is 10.2. The SMILES string of the molecule is CC(=O)O[C@@H](CCO)C(=O)OCc1ccccc1. The first-order chi connectivity index (χ1) is 8.63. The van der Waals surface area contributed by atoms with Crippen LogP contribution in [-0.2, 0) is 25.7 Å². The summed E-state index contributed by atoms with van der Waals surface area (Å²) in [5.41, 5.74) is 0.844. The van der Waals surface area contributed by atoms with Crippen LogP contribution in [0.5, 0.6) is 0 Å². The third-order valence-corrected chi connectivity index (χ3v) is 2.19. The molecule has 0 saturated heterocycles. The number of ether oxygens (including phenoxy) is 2. The number of aliphatic hydroxyl groups is 1. The van der Waals surface area contributed by atoms with Gasteiger partial charge in [0.05, 0.1) is 0 Å². The molecule has 0 bridgehead atoms. The number of carbonyl (C=O) groups excluding carboxylic acids is 2. The maximum atomic E-state index is 11.6. The van der Waals surface area contributed by atoms with Crippen molar-refractivity contribution in [2.24, 2.45) is 0 Å². The molecule has 18 heavy (non-hydrogen) atoms. The minimum Gasteiger partial charge on any atom is -0.458 e. The van der Waals surface area contributed by atoms with E-state index in [9.17, 15) is 9.59 Å². The van der Waals surface area contributed by atoms with Crippen molar-refractivity contribution in [2.75, 3.05) is 6.61 Å². The molecule has 0 saturated carbocycles. The fraction of sp³-hybridized carbons (Fsp3) is 0.385. The van der Waals surface area contributed by atoms with Crippen molar-refractivity contribution in [1.29, 1.82) is 0 Å². The lowest BCUT2D eigenvalue weighted by Crippen LogP contribution is -2.29. The van der Waals surface area contributed by atoms with Crippen LogP contribution in [-0.4, -0.2) is 29.8 Å². The van der Waals surface area contributed by atoms with E-state index in [-0.39, 0.29) is 19.6 Å². The van der Waals surface area contributed by atoms with Crippen molar-refractivity contribution in [3.63, 3.8) is 0 Å². The number of carbonyl (C=O) groups is 2. The van der Waals surface area contributed by atoms with Crippen molar-refractivity contribution < 1.29 is 24.2 Å². The molecule has 1 aromatic carbocycles. The Morgan fingerprint density at radius 2 is 1.94 bits per heavy atom. The second kappa shape index (κ2) is 7.45. The highest BCUT2D eigenvalue weighted by atomic mass is 16.6. The third kappa shape index (κ3) is 4.97. The van der Waals surface area contributed by atoms with E-state index in [0.29, 0.717) is 0 Å². The largest absolute Gasteiger partial charge is 0.458 e. The minimum atomic E-state index is -1.05. The van der Waals surface area contributed by atoms with Gasteiger partial charge in [0.1, 0.15) is 6.61 Å². The van der Waals surface area contributed by atoms with Crippen LogP contribution in [0.4, 0.5) is 0 Å². The van der Waals surface area contributed by atoms with Gasteiger partial charge >= 0.3 is 11.9 Å². The summed E-state index contributed by atoms with van der Waals surface area (Å²) in [5, 5.41) is 8.78. The molecular weight excluding hydrogens is 236 g/mol. The fourth-order valence-corrected chi connectivity index (χ4v) is 1.36. The summed E-state index contributed by atoms with van der Waals surface area (Å²) < 4.78 is 9.78. The third-order valence-electron chi connectivity index (χ3n) is 2.19. The number of hydrogen-bond acceptors (Lipinski definition) is 5. The van der Waals surface area contributed by atoms with Gasteiger partial charge in [0.25, 0.3) is 0 Å². The quantitative estimate of drug-likeness (QED) is 0.766. The monoisotopic (exact) mass is 252 g/mol. The Hall–Kier alpha value is -1.88. The minimum absolute atomic E-state index is 0.0349. The van der Waals surface area contributed by atoms with Gasteiger partial charge in [0.2, 0.25) is 6.10 Å². The Morgan fingerprint density at radius 1 is 1.28 bits per heavy atom. The highest BCUT2D eigenvalue weighted by molar-refractivity contribution is 5.78. The average Bonchev–Trinajstić information content (AvgIpc) is 2.36. The van der Waals surface area contributed by atoms with Crippen LogP contribution >= 0.6 is 0 Å². The molecule has 5 nitrogen and oxygen atoms in total. The molecule has 0 radical (unpaired) electrons. The highest BCUT2D eigenvalue weighted by Gasteiger charge is 2.22. The molecule has 0 amide bonds. The Kier molecular flexibility index (Phi) is 5.87. The van der Waals surface area contributed by atoms with Crippen LogP contribution in [0.1, 0.15) is 18.9 Å². The molecule has 0 aromatic heterocycles. The van der Waals surface area contributed by atoms with E-state index in [1.165, 1.54) is 6.92 Å². The van der Waals surface area contributed by atoms with Crippen molar-refractivity contribution in [3.8, 4) is 0 Å². The maximum absolute atomic E-state index is 11.6. The van der Waals surface area contributed by atoms with Gasteiger partial charge in [-0.2, -0.15) is 0 Å². The van der Waals surface area contributed by atoms with Gasteiger partial charge in [-0.3, -0.25) is 4.79 Å². The zero-order valence-electron chi connectivity index (χ0n) is 10.2. The molecule has 0 aliphatic rings. The summed E-state index contributed by atoms with van der Waals surface area (Å²) in [4.78, 5) is 22.4. The molecule has 0 spiro atoms. The van der Waals surface area contributed by atoms with Gasteiger partial charge in [-0.15, -0.1) is 0 Å². The lowest BCUT2D eigenvalue weighted by molar-refractivity contribution is -0.168. The van der Waals surface area contributed by atoms with Crippen molar-refractivity contribution in [3.05, 3.63) is 35.9 Å². The van der Waals surface area contributed by atoms with E-state index in [2.05, 4.69) is 0 Å². The second-order valence-electron chi connectivity index (χ2n) is 3.70. The first-order valence-electron chi connectivity index (χ1n) is 5.62. The van der Waals surface area contributed by atoms with Gasteiger partial charge in [0.15, 0.2) is 0 Å². The van der Waals surface area contributed by atoms with E-state index in [1.807, 2.05) is 30.3 Å². The van der Waals surface area contributed by atoms with E-state index < -0.39 is 18.0 Å². The number of rotatable bonds is 6. The summed E-state index contributed by atoms with van der Waals surface area (Å²) in [6.07, 6.45) is -1.01. The predicted molar refractivity (Wildman–Crippen MR) is 63.5 cm³/mol. The van der Waals surface area contributed by atoms with Gasteiger partial charge in [-0.1, -0.05) is 30.3 Å². The molecule has 5 heteroatoms. The van der Waals surface area contributed by atoms with Crippen LogP contribution in [0.25, 0.3) is 0 Å². The molecule has 0 aliphatic heterocycles.